The minimum Gasteiger partial charge on any atom is -0.306 e. The Labute approximate surface area is 95.4 Å². The molecule has 3 heteroatoms. The van der Waals surface area contributed by atoms with Crippen LogP contribution in [0.3, 0.4) is 0 Å². The third kappa shape index (κ3) is 1.79. The van der Waals surface area contributed by atoms with Crippen molar-refractivity contribution < 1.29 is 0 Å². The average Bonchev–Trinajstić information content (AvgIpc) is 2.70. The summed E-state index contributed by atoms with van der Waals surface area (Å²) in [6, 6.07) is 6.18. The van der Waals surface area contributed by atoms with Gasteiger partial charge < -0.3 is 4.40 Å². The smallest absolute Gasteiger partial charge is 0.136 e. The normalized spacial score (nSPS) is 12.9. The van der Waals surface area contributed by atoms with Crippen LogP contribution < -0.4 is 0 Å². The Bertz CT molecular complexity index is 546. The van der Waals surface area contributed by atoms with E-state index in [9.17, 15) is 0 Å². The summed E-state index contributed by atoms with van der Waals surface area (Å²) in [5.41, 5.74) is 3.06. The van der Waals surface area contributed by atoms with Gasteiger partial charge in [0.2, 0.25) is 0 Å². The van der Waals surface area contributed by atoms with Gasteiger partial charge >= 0.3 is 0 Å². The number of aromatic nitrogens is 2. The monoisotopic (exact) mass is 213 g/mol. The lowest BCUT2D eigenvalue weighted by Gasteiger charge is -2.02. The van der Waals surface area contributed by atoms with Crippen molar-refractivity contribution in [3.63, 3.8) is 0 Å². The molecule has 16 heavy (non-hydrogen) atoms. The second-order valence-corrected chi connectivity index (χ2v) is 4.40. The van der Waals surface area contributed by atoms with Gasteiger partial charge in [-0.3, -0.25) is 0 Å². The lowest BCUT2D eigenvalue weighted by atomic mass is 10.1. The zero-order valence-electron chi connectivity index (χ0n) is 9.81. The van der Waals surface area contributed by atoms with E-state index in [1.165, 1.54) is 0 Å². The highest BCUT2D eigenvalue weighted by atomic mass is 15.0. The fourth-order valence-corrected chi connectivity index (χ4v) is 1.64. The fourth-order valence-electron chi connectivity index (χ4n) is 1.64. The zero-order chi connectivity index (χ0) is 11.7. The van der Waals surface area contributed by atoms with Crippen LogP contribution in [0.25, 0.3) is 5.65 Å². The van der Waals surface area contributed by atoms with Crippen molar-refractivity contribution in [3.8, 4) is 6.07 Å². The molecule has 0 fully saturated rings. The minimum absolute atomic E-state index is 0.0747. The first-order chi connectivity index (χ1) is 7.61. The van der Waals surface area contributed by atoms with Gasteiger partial charge in [0.25, 0.3) is 0 Å². The predicted molar refractivity (Wildman–Crippen MR) is 63.3 cm³/mol. The highest BCUT2D eigenvalue weighted by Gasteiger charge is 2.08. The first kappa shape index (κ1) is 10.7. The van der Waals surface area contributed by atoms with Gasteiger partial charge in [-0.05, 0) is 24.5 Å². The summed E-state index contributed by atoms with van der Waals surface area (Å²) in [5.74, 6) is 0.353. The number of hydrogen-bond donors (Lipinski definition) is 0. The van der Waals surface area contributed by atoms with Crippen LogP contribution >= 0.6 is 0 Å². The maximum atomic E-state index is 8.88. The summed E-state index contributed by atoms with van der Waals surface area (Å²) in [4.78, 5) is 4.52. The van der Waals surface area contributed by atoms with Crippen molar-refractivity contribution in [2.75, 3.05) is 0 Å². The molecular weight excluding hydrogens is 198 g/mol. The first-order valence-electron chi connectivity index (χ1n) is 5.50. The van der Waals surface area contributed by atoms with Crippen LogP contribution in [0.15, 0.2) is 24.5 Å². The molecule has 3 nitrogen and oxygen atoms in total. The number of imidazole rings is 1. The van der Waals surface area contributed by atoms with Crippen molar-refractivity contribution in [1.82, 2.24) is 9.38 Å². The van der Waals surface area contributed by atoms with Crippen LogP contribution in [-0.4, -0.2) is 9.38 Å². The van der Waals surface area contributed by atoms with Crippen LogP contribution in [-0.2, 0) is 0 Å². The van der Waals surface area contributed by atoms with Gasteiger partial charge in [0, 0.05) is 12.4 Å². The van der Waals surface area contributed by atoms with E-state index in [-0.39, 0.29) is 5.92 Å². The van der Waals surface area contributed by atoms with E-state index in [4.69, 9.17) is 5.26 Å². The molecule has 2 rings (SSSR count). The summed E-state index contributed by atoms with van der Waals surface area (Å²) in [6.45, 7) is 6.16. The molecule has 0 radical (unpaired) electrons. The van der Waals surface area contributed by atoms with Gasteiger partial charge in [0.1, 0.15) is 5.65 Å². The molecular formula is C13H15N3. The number of rotatable bonds is 2. The minimum atomic E-state index is -0.0747. The predicted octanol–water partition coefficient (Wildman–Crippen LogP) is 3.08. The molecule has 0 saturated carbocycles. The van der Waals surface area contributed by atoms with Crippen LogP contribution in [0.5, 0.6) is 0 Å². The Kier molecular flexibility index (Phi) is 2.66. The third-order valence-corrected chi connectivity index (χ3v) is 2.78. The summed E-state index contributed by atoms with van der Waals surface area (Å²) in [7, 11) is 0. The highest BCUT2D eigenvalue weighted by molar-refractivity contribution is 5.43. The van der Waals surface area contributed by atoms with E-state index in [0.29, 0.717) is 5.92 Å². The number of nitrogens with zero attached hydrogens (tertiary/aromatic N) is 3. The maximum Gasteiger partial charge on any atom is 0.136 e. The van der Waals surface area contributed by atoms with E-state index in [1.807, 2.05) is 35.9 Å². The molecule has 0 spiro atoms. The van der Waals surface area contributed by atoms with Gasteiger partial charge in [-0.2, -0.15) is 5.26 Å². The molecule has 0 aliphatic heterocycles. The molecule has 0 aromatic carbocycles. The van der Waals surface area contributed by atoms with Crippen molar-refractivity contribution in [1.29, 1.82) is 5.26 Å². The van der Waals surface area contributed by atoms with Gasteiger partial charge in [-0.25, -0.2) is 4.98 Å². The molecule has 0 N–H and O–H groups in total. The van der Waals surface area contributed by atoms with E-state index < -0.39 is 0 Å². The van der Waals surface area contributed by atoms with Crippen LogP contribution in [0.1, 0.15) is 43.9 Å². The standard InChI is InChI=1S/C13H15N3/c1-9(2)12-8-16-7-11(10(3)6-14)4-5-13(16)15-12/h4-5,7-10H,1-3H3. The van der Waals surface area contributed by atoms with Crippen molar-refractivity contribution in [2.45, 2.75) is 32.6 Å². The van der Waals surface area contributed by atoms with Gasteiger partial charge in [0.05, 0.1) is 17.7 Å². The van der Waals surface area contributed by atoms with Crippen LogP contribution in [0, 0.1) is 11.3 Å². The SMILES string of the molecule is CC(C)c1cn2cc(C(C)C#N)ccc2n1. The molecule has 1 unspecified atom stereocenters. The fraction of sp³-hybridized carbons (Fsp3) is 0.385. The van der Waals surface area contributed by atoms with Crippen molar-refractivity contribution >= 4 is 5.65 Å². The average molecular weight is 213 g/mol. The summed E-state index contributed by atoms with van der Waals surface area (Å²) < 4.78 is 2.00. The summed E-state index contributed by atoms with van der Waals surface area (Å²) in [5, 5.41) is 8.88. The van der Waals surface area contributed by atoms with Gasteiger partial charge in [-0.15, -0.1) is 0 Å². The second-order valence-electron chi connectivity index (χ2n) is 4.40. The highest BCUT2D eigenvalue weighted by Crippen LogP contribution is 2.18. The Morgan fingerprint density at radius 1 is 1.25 bits per heavy atom. The lowest BCUT2D eigenvalue weighted by Crippen LogP contribution is -1.92. The van der Waals surface area contributed by atoms with Gasteiger partial charge in [-0.1, -0.05) is 19.9 Å². The third-order valence-electron chi connectivity index (χ3n) is 2.78. The van der Waals surface area contributed by atoms with Crippen LogP contribution in [0.4, 0.5) is 0 Å². The van der Waals surface area contributed by atoms with E-state index in [1.54, 1.807) is 0 Å². The zero-order valence-corrected chi connectivity index (χ0v) is 9.81. The Hall–Kier alpha value is -1.82. The van der Waals surface area contributed by atoms with Crippen molar-refractivity contribution in [3.05, 3.63) is 35.8 Å². The van der Waals surface area contributed by atoms with Crippen LogP contribution in [0.2, 0.25) is 0 Å². The van der Waals surface area contributed by atoms with Gasteiger partial charge in [0.15, 0.2) is 0 Å². The van der Waals surface area contributed by atoms with E-state index in [2.05, 4.69) is 24.9 Å². The quantitative estimate of drug-likeness (QED) is 0.769. The lowest BCUT2D eigenvalue weighted by molar-refractivity contribution is 0.834. The molecule has 2 heterocycles. The summed E-state index contributed by atoms with van der Waals surface area (Å²) >= 11 is 0. The largest absolute Gasteiger partial charge is 0.306 e. The molecule has 0 amide bonds. The number of hydrogen-bond acceptors (Lipinski definition) is 2. The van der Waals surface area contributed by atoms with Crippen molar-refractivity contribution in [2.24, 2.45) is 0 Å². The summed E-state index contributed by atoms with van der Waals surface area (Å²) in [6.07, 6.45) is 4.02. The topological polar surface area (TPSA) is 41.1 Å². The Morgan fingerprint density at radius 3 is 2.62 bits per heavy atom. The Morgan fingerprint density at radius 2 is 2.00 bits per heavy atom. The number of pyridine rings is 1. The second kappa shape index (κ2) is 3.97. The van der Waals surface area contributed by atoms with E-state index >= 15 is 0 Å². The molecule has 0 aliphatic carbocycles. The Balaban J connectivity index is 2.50. The molecule has 0 saturated heterocycles. The molecule has 1 atom stereocenters. The number of fused-ring (bicyclic) bond motifs is 1. The molecule has 0 aliphatic rings. The first-order valence-corrected chi connectivity index (χ1v) is 5.50. The van der Waals surface area contributed by atoms with E-state index in [0.717, 1.165) is 16.9 Å². The molecule has 82 valence electrons. The number of nitriles is 1. The molecule has 2 aromatic heterocycles. The molecule has 0 bridgehead atoms. The molecule has 2 aromatic rings. The maximum absolute atomic E-state index is 8.88.